The molecule has 2 N–H and O–H groups in total. The number of piperidine rings is 1. The molecule has 2 amide bonds. The lowest BCUT2D eigenvalue weighted by Gasteiger charge is -2.39. The zero-order chi connectivity index (χ0) is 21.3. The normalized spacial score (nSPS) is 24.0. The van der Waals surface area contributed by atoms with Crippen molar-refractivity contribution < 1.29 is 14.3 Å². The van der Waals surface area contributed by atoms with Gasteiger partial charge in [-0.05, 0) is 50.7 Å². The molecule has 0 radical (unpaired) electrons. The number of fused-ring (bicyclic) bond motifs is 1. The van der Waals surface area contributed by atoms with E-state index < -0.39 is 0 Å². The van der Waals surface area contributed by atoms with Gasteiger partial charge in [0.15, 0.2) is 0 Å². The maximum atomic E-state index is 13.0. The molecule has 5 rings (SSSR count). The first-order chi connectivity index (χ1) is 15.1. The van der Waals surface area contributed by atoms with Crippen LogP contribution in [0.5, 0.6) is 0 Å². The number of nitrogens with one attached hydrogen (secondary N) is 2. The Bertz CT molecular complexity index is 905. The Morgan fingerprint density at radius 3 is 2.61 bits per heavy atom. The van der Waals surface area contributed by atoms with Crippen molar-refractivity contribution >= 4 is 22.7 Å². The number of para-hydroxylation sites is 1. The molecular weight excluding hydrogens is 390 g/mol. The lowest BCUT2D eigenvalue weighted by Crippen LogP contribution is -2.47. The van der Waals surface area contributed by atoms with Crippen LogP contribution in [0.2, 0.25) is 0 Å². The quantitative estimate of drug-likeness (QED) is 0.780. The first kappa shape index (κ1) is 20.6. The van der Waals surface area contributed by atoms with Gasteiger partial charge in [-0.3, -0.25) is 9.59 Å². The van der Waals surface area contributed by atoms with Crippen LogP contribution in [0.15, 0.2) is 30.3 Å². The number of ether oxygens (including phenoxy) is 1. The van der Waals surface area contributed by atoms with Gasteiger partial charge in [-0.25, -0.2) is 0 Å². The molecule has 0 bridgehead atoms. The number of hydrogen-bond donors (Lipinski definition) is 2. The lowest BCUT2D eigenvalue weighted by molar-refractivity contribution is -0.127. The standard InChI is InChI=1S/C25H33N3O3/c29-23(18-6-2-1-3-7-18)26-17-20-10-11-25(31-20)12-14-28(15-13-25)24(30)22-16-19-8-4-5-9-21(19)27-22/h4-5,8-9,16,18,20,27H,1-3,6-7,10-15,17H2,(H,26,29). The zero-order valence-corrected chi connectivity index (χ0v) is 18.2. The van der Waals surface area contributed by atoms with Crippen LogP contribution < -0.4 is 5.32 Å². The highest BCUT2D eigenvalue weighted by Gasteiger charge is 2.43. The van der Waals surface area contributed by atoms with Crippen molar-refractivity contribution in [1.29, 1.82) is 0 Å². The van der Waals surface area contributed by atoms with E-state index in [0.29, 0.717) is 12.2 Å². The second-order valence-electron chi connectivity index (χ2n) is 9.60. The third kappa shape index (κ3) is 4.36. The van der Waals surface area contributed by atoms with E-state index in [4.69, 9.17) is 4.74 Å². The molecule has 3 fully saturated rings. The van der Waals surface area contributed by atoms with Crippen LogP contribution in [-0.2, 0) is 9.53 Å². The summed E-state index contributed by atoms with van der Waals surface area (Å²) in [6, 6.07) is 9.92. The fourth-order valence-electron chi connectivity index (χ4n) is 5.61. The molecule has 3 heterocycles. The number of carbonyl (C=O) groups excluding carboxylic acids is 2. The molecule has 1 unspecified atom stereocenters. The molecule has 6 nitrogen and oxygen atoms in total. The number of aromatic amines is 1. The van der Waals surface area contributed by atoms with E-state index >= 15 is 0 Å². The zero-order valence-electron chi connectivity index (χ0n) is 18.2. The Kier molecular flexibility index (Phi) is 5.74. The predicted octanol–water partition coefficient (Wildman–Crippen LogP) is 4.02. The SMILES string of the molecule is O=C(NCC1CCC2(CCN(C(=O)c3cc4ccccc4[nH]3)CC2)O1)C1CCCCC1. The molecule has 1 aromatic carbocycles. The average molecular weight is 424 g/mol. The smallest absolute Gasteiger partial charge is 0.270 e. The van der Waals surface area contributed by atoms with E-state index in [-0.39, 0.29) is 29.4 Å². The highest BCUT2D eigenvalue weighted by Crippen LogP contribution is 2.39. The number of benzene rings is 1. The summed E-state index contributed by atoms with van der Waals surface area (Å²) in [4.78, 5) is 30.6. The minimum absolute atomic E-state index is 0.0698. The van der Waals surface area contributed by atoms with E-state index in [1.807, 2.05) is 35.2 Å². The Hall–Kier alpha value is -2.34. The second kappa shape index (κ2) is 8.65. The van der Waals surface area contributed by atoms with Gasteiger partial charge in [0.1, 0.15) is 5.69 Å². The second-order valence-corrected chi connectivity index (χ2v) is 9.60. The van der Waals surface area contributed by atoms with E-state index in [2.05, 4.69) is 10.3 Å². The summed E-state index contributed by atoms with van der Waals surface area (Å²) in [6.07, 6.45) is 9.51. The van der Waals surface area contributed by atoms with Crippen LogP contribution in [0.4, 0.5) is 0 Å². The predicted molar refractivity (Wildman–Crippen MR) is 120 cm³/mol. The number of rotatable bonds is 4. The molecule has 1 aliphatic carbocycles. The first-order valence-corrected chi connectivity index (χ1v) is 11.9. The Morgan fingerprint density at radius 1 is 1.06 bits per heavy atom. The van der Waals surface area contributed by atoms with Crippen LogP contribution >= 0.6 is 0 Å². The molecule has 1 spiro atoms. The fraction of sp³-hybridized carbons (Fsp3) is 0.600. The topological polar surface area (TPSA) is 74.4 Å². The van der Waals surface area contributed by atoms with Crippen LogP contribution in [0.1, 0.15) is 68.3 Å². The average Bonchev–Trinajstić information content (AvgIpc) is 3.42. The summed E-state index contributed by atoms with van der Waals surface area (Å²) < 4.78 is 6.45. The number of H-pyrrole nitrogens is 1. The summed E-state index contributed by atoms with van der Waals surface area (Å²) in [6.45, 7) is 2.06. The molecule has 2 aromatic rings. The minimum atomic E-state index is -0.128. The first-order valence-electron chi connectivity index (χ1n) is 11.9. The van der Waals surface area contributed by atoms with Crippen molar-refractivity contribution in [2.45, 2.75) is 69.5 Å². The van der Waals surface area contributed by atoms with E-state index in [0.717, 1.165) is 62.5 Å². The van der Waals surface area contributed by atoms with Crippen molar-refractivity contribution in [3.8, 4) is 0 Å². The molecule has 166 valence electrons. The van der Waals surface area contributed by atoms with E-state index in [1.165, 1.54) is 19.3 Å². The third-order valence-corrected chi connectivity index (χ3v) is 7.54. The molecule has 1 aromatic heterocycles. The Labute approximate surface area is 183 Å². The minimum Gasteiger partial charge on any atom is -0.370 e. The Morgan fingerprint density at radius 2 is 1.84 bits per heavy atom. The highest BCUT2D eigenvalue weighted by atomic mass is 16.5. The van der Waals surface area contributed by atoms with Crippen molar-refractivity contribution in [3.63, 3.8) is 0 Å². The summed E-state index contributed by atoms with van der Waals surface area (Å²) >= 11 is 0. The van der Waals surface area contributed by atoms with Gasteiger partial charge in [-0.1, -0.05) is 37.5 Å². The van der Waals surface area contributed by atoms with Crippen molar-refractivity contribution in [1.82, 2.24) is 15.2 Å². The third-order valence-electron chi connectivity index (χ3n) is 7.54. The van der Waals surface area contributed by atoms with Crippen LogP contribution in [-0.4, -0.2) is 53.0 Å². The number of hydrogen-bond acceptors (Lipinski definition) is 3. The number of nitrogens with zero attached hydrogens (tertiary/aromatic N) is 1. The van der Waals surface area contributed by atoms with Crippen LogP contribution in [0, 0.1) is 5.92 Å². The largest absolute Gasteiger partial charge is 0.370 e. The van der Waals surface area contributed by atoms with E-state index in [1.54, 1.807) is 0 Å². The van der Waals surface area contributed by atoms with Crippen LogP contribution in [0.25, 0.3) is 10.9 Å². The summed E-state index contributed by atoms with van der Waals surface area (Å²) in [5.41, 5.74) is 1.53. The van der Waals surface area contributed by atoms with Gasteiger partial charge < -0.3 is 19.9 Å². The molecule has 6 heteroatoms. The Balaban J connectivity index is 1.11. The number of likely N-dealkylation sites (tertiary alicyclic amines) is 1. The summed E-state index contributed by atoms with van der Waals surface area (Å²) in [7, 11) is 0. The van der Waals surface area contributed by atoms with Crippen molar-refractivity contribution in [2.24, 2.45) is 5.92 Å². The van der Waals surface area contributed by atoms with Gasteiger partial charge in [-0.15, -0.1) is 0 Å². The molecule has 2 saturated heterocycles. The molecule has 1 saturated carbocycles. The van der Waals surface area contributed by atoms with Crippen molar-refractivity contribution in [3.05, 3.63) is 36.0 Å². The van der Waals surface area contributed by atoms with Gasteiger partial charge in [0.2, 0.25) is 5.91 Å². The van der Waals surface area contributed by atoms with Gasteiger partial charge >= 0.3 is 0 Å². The maximum Gasteiger partial charge on any atom is 0.270 e. The molecule has 2 aliphatic heterocycles. The highest BCUT2D eigenvalue weighted by molar-refractivity contribution is 5.98. The van der Waals surface area contributed by atoms with Crippen molar-refractivity contribution in [2.75, 3.05) is 19.6 Å². The van der Waals surface area contributed by atoms with E-state index in [9.17, 15) is 9.59 Å². The fourth-order valence-corrected chi connectivity index (χ4v) is 5.61. The molecule has 31 heavy (non-hydrogen) atoms. The molecule has 3 aliphatic rings. The van der Waals surface area contributed by atoms with Gasteiger partial charge in [0.25, 0.3) is 5.91 Å². The number of carbonyl (C=O) groups is 2. The van der Waals surface area contributed by atoms with Gasteiger partial charge in [0, 0.05) is 36.5 Å². The molecule has 1 atom stereocenters. The number of aromatic nitrogens is 1. The lowest BCUT2D eigenvalue weighted by atomic mass is 9.88. The van der Waals surface area contributed by atoms with Gasteiger partial charge in [-0.2, -0.15) is 0 Å². The molecular formula is C25H33N3O3. The van der Waals surface area contributed by atoms with Crippen LogP contribution in [0.3, 0.4) is 0 Å². The summed E-state index contributed by atoms with van der Waals surface area (Å²) in [5, 5.41) is 4.21. The maximum absolute atomic E-state index is 13.0. The number of amides is 2. The monoisotopic (exact) mass is 423 g/mol. The van der Waals surface area contributed by atoms with Gasteiger partial charge in [0.05, 0.1) is 11.7 Å². The summed E-state index contributed by atoms with van der Waals surface area (Å²) in [5.74, 6) is 0.478.